The molecule has 0 amide bonds. The Bertz CT molecular complexity index is 746. The van der Waals surface area contributed by atoms with E-state index in [0.29, 0.717) is 0 Å². The van der Waals surface area contributed by atoms with Crippen molar-refractivity contribution in [2.45, 2.75) is 12.8 Å². The number of hydrogen-bond acceptors (Lipinski definition) is 2. The molecule has 3 nitrogen and oxygen atoms in total. The summed E-state index contributed by atoms with van der Waals surface area (Å²) >= 11 is 0. The Hall–Kier alpha value is -2.42. The summed E-state index contributed by atoms with van der Waals surface area (Å²) in [6, 6.07) is 16.5. The molecule has 0 aliphatic rings. The number of benzene rings is 2. The molecular weight excluding hydrogens is 262 g/mol. The predicted octanol–water partition coefficient (Wildman–Crippen LogP) is 3.97. The molecule has 21 heavy (non-hydrogen) atoms. The van der Waals surface area contributed by atoms with Crippen LogP contribution in [0.1, 0.15) is 11.3 Å². The number of aromatic amines is 1. The van der Waals surface area contributed by atoms with Crippen LogP contribution in [-0.2, 0) is 12.8 Å². The Labute approximate surface area is 124 Å². The second-order valence-corrected chi connectivity index (χ2v) is 5.10. The van der Waals surface area contributed by atoms with Crippen molar-refractivity contribution in [2.75, 3.05) is 14.2 Å². The van der Waals surface area contributed by atoms with Gasteiger partial charge in [0.25, 0.3) is 0 Å². The second-order valence-electron chi connectivity index (χ2n) is 5.10. The third-order valence-electron chi connectivity index (χ3n) is 3.70. The quantitative estimate of drug-likeness (QED) is 0.768. The van der Waals surface area contributed by atoms with Gasteiger partial charge in [-0.3, -0.25) is 0 Å². The molecule has 0 saturated heterocycles. The number of nitrogens with one attached hydrogen (secondary N) is 1. The van der Waals surface area contributed by atoms with Gasteiger partial charge in [0.1, 0.15) is 11.5 Å². The average Bonchev–Trinajstić information content (AvgIpc) is 2.95. The molecular formula is C18H19NO2. The van der Waals surface area contributed by atoms with E-state index in [0.717, 1.165) is 29.9 Å². The Morgan fingerprint density at radius 3 is 2.48 bits per heavy atom. The number of aryl methyl sites for hydroxylation is 2. The molecule has 1 N–H and O–H groups in total. The summed E-state index contributed by atoms with van der Waals surface area (Å²) < 4.78 is 10.5. The van der Waals surface area contributed by atoms with Gasteiger partial charge >= 0.3 is 0 Å². The van der Waals surface area contributed by atoms with Gasteiger partial charge in [-0.05, 0) is 54.8 Å². The highest BCUT2D eigenvalue weighted by atomic mass is 16.5. The van der Waals surface area contributed by atoms with Crippen molar-refractivity contribution in [1.82, 2.24) is 4.98 Å². The number of rotatable bonds is 5. The van der Waals surface area contributed by atoms with Crippen molar-refractivity contribution in [3.8, 4) is 11.5 Å². The highest BCUT2D eigenvalue weighted by Gasteiger charge is 2.03. The highest BCUT2D eigenvalue weighted by Crippen LogP contribution is 2.22. The SMILES string of the molecule is COc1cccc(CCc2cc3cc(OC)ccc3[nH]2)c1. The number of methoxy groups -OCH3 is 2. The molecule has 0 fully saturated rings. The molecule has 0 bridgehead atoms. The topological polar surface area (TPSA) is 34.2 Å². The van der Waals surface area contributed by atoms with Gasteiger partial charge in [-0.25, -0.2) is 0 Å². The van der Waals surface area contributed by atoms with Gasteiger partial charge in [0.2, 0.25) is 0 Å². The maximum absolute atomic E-state index is 5.26. The summed E-state index contributed by atoms with van der Waals surface area (Å²) in [7, 11) is 3.39. The van der Waals surface area contributed by atoms with E-state index in [1.54, 1.807) is 14.2 Å². The molecule has 0 aliphatic heterocycles. The van der Waals surface area contributed by atoms with Crippen molar-refractivity contribution in [2.24, 2.45) is 0 Å². The minimum absolute atomic E-state index is 0.890. The third kappa shape index (κ3) is 3.02. The van der Waals surface area contributed by atoms with Crippen LogP contribution in [0, 0.1) is 0 Å². The summed E-state index contributed by atoms with van der Waals surface area (Å²) in [6.45, 7) is 0. The Morgan fingerprint density at radius 1 is 0.857 bits per heavy atom. The molecule has 0 unspecified atom stereocenters. The fraction of sp³-hybridized carbons (Fsp3) is 0.222. The molecule has 108 valence electrons. The van der Waals surface area contributed by atoms with Gasteiger partial charge in [0.15, 0.2) is 0 Å². The van der Waals surface area contributed by atoms with Gasteiger partial charge < -0.3 is 14.5 Å². The summed E-state index contributed by atoms with van der Waals surface area (Å²) in [5.74, 6) is 1.80. The van der Waals surface area contributed by atoms with E-state index >= 15 is 0 Å². The number of hydrogen-bond donors (Lipinski definition) is 1. The monoisotopic (exact) mass is 281 g/mol. The zero-order chi connectivity index (χ0) is 14.7. The first-order valence-corrected chi connectivity index (χ1v) is 7.07. The molecule has 0 radical (unpaired) electrons. The van der Waals surface area contributed by atoms with E-state index < -0.39 is 0 Å². The van der Waals surface area contributed by atoms with E-state index in [2.05, 4.69) is 35.3 Å². The Kier molecular flexibility index (Phi) is 3.82. The average molecular weight is 281 g/mol. The lowest BCUT2D eigenvalue weighted by atomic mass is 10.1. The maximum atomic E-state index is 5.26. The zero-order valence-electron chi connectivity index (χ0n) is 12.3. The predicted molar refractivity (Wildman–Crippen MR) is 85.3 cm³/mol. The second kappa shape index (κ2) is 5.92. The lowest BCUT2D eigenvalue weighted by molar-refractivity contribution is 0.414. The highest BCUT2D eigenvalue weighted by molar-refractivity contribution is 5.81. The van der Waals surface area contributed by atoms with Crippen molar-refractivity contribution in [3.05, 3.63) is 59.8 Å². The first-order chi connectivity index (χ1) is 10.3. The third-order valence-corrected chi connectivity index (χ3v) is 3.70. The van der Waals surface area contributed by atoms with Crippen LogP contribution >= 0.6 is 0 Å². The first-order valence-electron chi connectivity index (χ1n) is 7.07. The van der Waals surface area contributed by atoms with Crippen molar-refractivity contribution >= 4 is 10.9 Å². The molecule has 3 rings (SSSR count). The van der Waals surface area contributed by atoms with Crippen LogP contribution < -0.4 is 9.47 Å². The zero-order valence-corrected chi connectivity index (χ0v) is 12.3. The molecule has 0 atom stereocenters. The lowest BCUT2D eigenvalue weighted by Crippen LogP contribution is -1.92. The van der Waals surface area contributed by atoms with Crippen molar-refractivity contribution in [1.29, 1.82) is 0 Å². The van der Waals surface area contributed by atoms with Crippen LogP contribution in [0.15, 0.2) is 48.5 Å². The van der Waals surface area contributed by atoms with E-state index in [4.69, 9.17) is 9.47 Å². The number of aromatic nitrogens is 1. The molecule has 3 aromatic rings. The largest absolute Gasteiger partial charge is 0.497 e. The fourth-order valence-electron chi connectivity index (χ4n) is 2.54. The number of H-pyrrole nitrogens is 1. The van der Waals surface area contributed by atoms with Crippen LogP contribution in [0.2, 0.25) is 0 Å². The molecule has 0 saturated carbocycles. The lowest BCUT2D eigenvalue weighted by Gasteiger charge is -2.03. The maximum Gasteiger partial charge on any atom is 0.119 e. The van der Waals surface area contributed by atoms with Crippen LogP contribution in [0.5, 0.6) is 11.5 Å². The molecule has 0 spiro atoms. The van der Waals surface area contributed by atoms with Gasteiger partial charge in [0, 0.05) is 16.6 Å². The van der Waals surface area contributed by atoms with Gasteiger partial charge in [-0.1, -0.05) is 12.1 Å². The van der Waals surface area contributed by atoms with Gasteiger partial charge in [-0.2, -0.15) is 0 Å². The minimum Gasteiger partial charge on any atom is -0.497 e. The number of ether oxygens (including phenoxy) is 2. The first kappa shape index (κ1) is 13.6. The van der Waals surface area contributed by atoms with Gasteiger partial charge in [0.05, 0.1) is 14.2 Å². The molecule has 3 heteroatoms. The molecule has 2 aromatic carbocycles. The van der Waals surface area contributed by atoms with E-state index in [9.17, 15) is 0 Å². The Balaban J connectivity index is 1.75. The molecule has 0 aliphatic carbocycles. The van der Waals surface area contributed by atoms with E-state index in [-0.39, 0.29) is 0 Å². The van der Waals surface area contributed by atoms with E-state index in [1.165, 1.54) is 16.6 Å². The van der Waals surface area contributed by atoms with Crippen LogP contribution in [0.4, 0.5) is 0 Å². The van der Waals surface area contributed by atoms with Crippen LogP contribution in [0.25, 0.3) is 10.9 Å². The summed E-state index contributed by atoms with van der Waals surface area (Å²) in [5, 5.41) is 1.19. The minimum atomic E-state index is 0.890. The van der Waals surface area contributed by atoms with Gasteiger partial charge in [-0.15, -0.1) is 0 Å². The molecule has 1 aromatic heterocycles. The normalized spacial score (nSPS) is 10.8. The smallest absolute Gasteiger partial charge is 0.119 e. The summed E-state index contributed by atoms with van der Waals surface area (Å²) in [4.78, 5) is 3.46. The summed E-state index contributed by atoms with van der Waals surface area (Å²) in [5.41, 5.74) is 3.67. The van der Waals surface area contributed by atoms with Crippen LogP contribution in [0.3, 0.4) is 0 Å². The van der Waals surface area contributed by atoms with E-state index in [1.807, 2.05) is 18.2 Å². The fourth-order valence-corrected chi connectivity index (χ4v) is 2.54. The summed E-state index contributed by atoms with van der Waals surface area (Å²) in [6.07, 6.45) is 1.96. The van der Waals surface area contributed by atoms with Crippen molar-refractivity contribution < 1.29 is 9.47 Å². The standard InChI is InChI=1S/C18H19NO2/c1-20-16-5-3-4-13(10-16)6-7-15-11-14-12-17(21-2)8-9-18(14)19-15/h3-5,8-12,19H,6-7H2,1-2H3. The van der Waals surface area contributed by atoms with Crippen LogP contribution in [-0.4, -0.2) is 19.2 Å². The van der Waals surface area contributed by atoms with Crippen molar-refractivity contribution in [3.63, 3.8) is 0 Å². The molecule has 1 heterocycles. The Morgan fingerprint density at radius 2 is 1.67 bits per heavy atom. The number of fused-ring (bicyclic) bond motifs is 1.